The molecule has 2 aromatic rings. The van der Waals surface area contributed by atoms with E-state index in [9.17, 15) is 13.2 Å². The van der Waals surface area contributed by atoms with Gasteiger partial charge in [-0.15, -0.1) is 11.3 Å². The molecule has 0 aliphatic carbocycles. The van der Waals surface area contributed by atoms with E-state index in [1.165, 1.54) is 17.7 Å². The fourth-order valence-electron chi connectivity index (χ4n) is 2.27. The van der Waals surface area contributed by atoms with Gasteiger partial charge in [-0.2, -0.15) is 0 Å². The first kappa shape index (κ1) is 19.6. The predicted molar refractivity (Wildman–Crippen MR) is 101 cm³/mol. The van der Waals surface area contributed by atoms with Gasteiger partial charge in [0.2, 0.25) is 10.0 Å². The smallest absolute Gasteiger partial charge is 0.253 e. The van der Waals surface area contributed by atoms with Crippen LogP contribution in [0, 0.1) is 6.92 Å². The van der Waals surface area contributed by atoms with Crippen molar-refractivity contribution in [1.82, 2.24) is 9.62 Å². The van der Waals surface area contributed by atoms with Gasteiger partial charge in [-0.25, -0.2) is 13.1 Å². The van der Waals surface area contributed by atoms with Gasteiger partial charge in [-0.1, -0.05) is 6.92 Å². The van der Waals surface area contributed by atoms with Crippen molar-refractivity contribution in [3.63, 3.8) is 0 Å². The molecule has 0 aliphatic rings. The summed E-state index contributed by atoms with van der Waals surface area (Å²) in [5, 5.41) is 2.01. The van der Waals surface area contributed by atoms with Gasteiger partial charge in [-0.3, -0.25) is 4.79 Å². The van der Waals surface area contributed by atoms with E-state index >= 15 is 0 Å². The van der Waals surface area contributed by atoms with Crippen molar-refractivity contribution in [2.24, 2.45) is 0 Å². The van der Waals surface area contributed by atoms with Crippen molar-refractivity contribution in [3.05, 3.63) is 51.7 Å². The first-order valence-corrected chi connectivity index (χ1v) is 10.5. The molecule has 0 spiro atoms. The number of amides is 1. The molecule has 1 atom stereocenters. The molecule has 0 fully saturated rings. The fraction of sp³-hybridized carbons (Fsp3) is 0.389. The molecule has 5 nitrogen and oxygen atoms in total. The summed E-state index contributed by atoms with van der Waals surface area (Å²) < 4.78 is 27.1. The van der Waals surface area contributed by atoms with E-state index in [4.69, 9.17) is 0 Å². The molecule has 0 saturated carbocycles. The lowest BCUT2D eigenvalue weighted by atomic mass is 10.2. The van der Waals surface area contributed by atoms with Gasteiger partial charge >= 0.3 is 0 Å². The highest BCUT2D eigenvalue weighted by molar-refractivity contribution is 7.89. The van der Waals surface area contributed by atoms with Crippen LogP contribution in [0.2, 0.25) is 0 Å². The van der Waals surface area contributed by atoms with Crippen LogP contribution in [0.5, 0.6) is 0 Å². The number of nitrogens with zero attached hydrogens (tertiary/aromatic N) is 1. The number of hydrogen-bond donors (Lipinski definition) is 1. The molecule has 1 aromatic carbocycles. The minimum atomic E-state index is -3.55. The van der Waals surface area contributed by atoms with Crippen LogP contribution in [0.4, 0.5) is 0 Å². The monoisotopic (exact) mass is 380 g/mol. The van der Waals surface area contributed by atoms with Crippen molar-refractivity contribution in [2.75, 3.05) is 7.05 Å². The Morgan fingerprint density at radius 1 is 1.24 bits per heavy atom. The molecular formula is C18H24N2O3S2. The average Bonchev–Trinajstić information content (AvgIpc) is 2.98. The van der Waals surface area contributed by atoms with Crippen LogP contribution in [-0.4, -0.2) is 32.3 Å². The summed E-state index contributed by atoms with van der Waals surface area (Å²) in [7, 11) is -1.81. The molecule has 0 radical (unpaired) electrons. The van der Waals surface area contributed by atoms with Gasteiger partial charge in [0, 0.05) is 23.5 Å². The molecule has 1 heterocycles. The molecule has 0 aliphatic heterocycles. The number of aryl methyl sites for hydroxylation is 1. The van der Waals surface area contributed by atoms with Crippen LogP contribution in [-0.2, 0) is 16.6 Å². The second-order valence-electron chi connectivity index (χ2n) is 6.14. The van der Waals surface area contributed by atoms with Crippen LogP contribution in [0.15, 0.2) is 40.6 Å². The Balaban J connectivity index is 2.11. The van der Waals surface area contributed by atoms with Gasteiger partial charge in [-0.05, 0) is 61.5 Å². The van der Waals surface area contributed by atoms with Gasteiger partial charge in [0.05, 0.1) is 11.4 Å². The third-order valence-electron chi connectivity index (χ3n) is 4.08. The van der Waals surface area contributed by atoms with E-state index < -0.39 is 10.0 Å². The Labute approximate surface area is 153 Å². The Kier molecular flexibility index (Phi) is 6.37. The van der Waals surface area contributed by atoms with Crippen LogP contribution in [0.1, 0.15) is 41.1 Å². The lowest BCUT2D eigenvalue weighted by molar-refractivity contribution is 0.0786. The second kappa shape index (κ2) is 8.12. The average molecular weight is 381 g/mol. The normalized spacial score (nSPS) is 12.8. The third-order valence-corrected chi connectivity index (χ3v) is 6.69. The van der Waals surface area contributed by atoms with E-state index in [1.54, 1.807) is 35.4 Å². The van der Waals surface area contributed by atoms with Crippen LogP contribution < -0.4 is 4.72 Å². The standard InChI is InChI=1S/C18H24N2O3S2/c1-5-14(3)19-25(22,23)16-8-6-15(7-9-16)18(21)20(4)12-17-13(2)10-11-24-17/h6-11,14,19H,5,12H2,1-4H3. The molecule has 1 N–H and O–H groups in total. The van der Waals surface area contributed by atoms with Gasteiger partial charge in [0.1, 0.15) is 0 Å². The maximum atomic E-state index is 12.5. The number of nitrogens with one attached hydrogen (secondary N) is 1. The first-order chi connectivity index (χ1) is 11.7. The first-order valence-electron chi connectivity index (χ1n) is 8.15. The Morgan fingerprint density at radius 3 is 2.40 bits per heavy atom. The zero-order chi connectivity index (χ0) is 18.6. The maximum Gasteiger partial charge on any atom is 0.253 e. The fourth-order valence-corrected chi connectivity index (χ4v) is 4.55. The molecule has 7 heteroatoms. The van der Waals surface area contributed by atoms with Gasteiger partial charge in [0.25, 0.3) is 5.91 Å². The minimum Gasteiger partial charge on any atom is -0.337 e. The molecule has 0 saturated heterocycles. The molecule has 25 heavy (non-hydrogen) atoms. The summed E-state index contributed by atoms with van der Waals surface area (Å²) >= 11 is 1.62. The third kappa shape index (κ3) is 4.90. The topological polar surface area (TPSA) is 66.5 Å². The maximum absolute atomic E-state index is 12.5. The summed E-state index contributed by atoms with van der Waals surface area (Å²) in [6.45, 7) is 6.29. The Hall–Kier alpha value is -1.70. The highest BCUT2D eigenvalue weighted by Crippen LogP contribution is 2.19. The minimum absolute atomic E-state index is 0.133. The molecule has 136 valence electrons. The van der Waals surface area contributed by atoms with E-state index in [0.717, 1.165) is 4.88 Å². The van der Waals surface area contributed by atoms with Gasteiger partial charge in [0.15, 0.2) is 0 Å². The molecular weight excluding hydrogens is 356 g/mol. The molecule has 1 aromatic heterocycles. The molecule has 1 unspecified atom stereocenters. The molecule has 2 rings (SSSR count). The summed E-state index contributed by atoms with van der Waals surface area (Å²) in [5.74, 6) is -0.133. The predicted octanol–water partition coefficient (Wildman–Crippen LogP) is 3.41. The SMILES string of the molecule is CCC(C)NS(=O)(=O)c1ccc(C(=O)N(C)Cc2sccc2C)cc1. The number of carbonyl (C=O) groups is 1. The number of benzene rings is 1. The van der Waals surface area contributed by atoms with Crippen molar-refractivity contribution in [2.45, 2.75) is 44.7 Å². The summed E-state index contributed by atoms with van der Waals surface area (Å²) in [6, 6.07) is 7.97. The van der Waals surface area contributed by atoms with E-state index in [-0.39, 0.29) is 16.8 Å². The van der Waals surface area contributed by atoms with Crippen LogP contribution in [0.3, 0.4) is 0 Å². The Bertz CT molecular complexity index is 826. The number of carbonyl (C=O) groups excluding carboxylic acids is 1. The van der Waals surface area contributed by atoms with Crippen LogP contribution >= 0.6 is 11.3 Å². The summed E-state index contributed by atoms with van der Waals surface area (Å²) in [5.41, 5.74) is 1.64. The molecule has 0 bridgehead atoms. The van der Waals surface area contributed by atoms with E-state index in [2.05, 4.69) is 4.72 Å². The second-order valence-corrected chi connectivity index (χ2v) is 8.86. The number of sulfonamides is 1. The zero-order valence-corrected chi connectivity index (χ0v) is 16.6. The number of hydrogen-bond acceptors (Lipinski definition) is 4. The lowest BCUT2D eigenvalue weighted by Crippen LogP contribution is -2.32. The highest BCUT2D eigenvalue weighted by atomic mass is 32.2. The van der Waals surface area contributed by atoms with Crippen LogP contribution in [0.25, 0.3) is 0 Å². The summed E-state index contributed by atoms with van der Waals surface area (Å²) in [4.78, 5) is 15.5. The molecule has 1 amide bonds. The van der Waals surface area contributed by atoms with Crippen molar-refractivity contribution in [3.8, 4) is 0 Å². The lowest BCUT2D eigenvalue weighted by Gasteiger charge is -2.17. The van der Waals surface area contributed by atoms with Crippen molar-refractivity contribution < 1.29 is 13.2 Å². The highest BCUT2D eigenvalue weighted by Gasteiger charge is 2.18. The zero-order valence-electron chi connectivity index (χ0n) is 14.9. The summed E-state index contributed by atoms with van der Waals surface area (Å²) in [6.07, 6.45) is 0.711. The largest absolute Gasteiger partial charge is 0.337 e. The number of rotatable bonds is 7. The number of thiophene rings is 1. The Morgan fingerprint density at radius 2 is 1.88 bits per heavy atom. The van der Waals surface area contributed by atoms with E-state index in [0.29, 0.717) is 18.5 Å². The quantitative estimate of drug-likeness (QED) is 0.800. The van der Waals surface area contributed by atoms with E-state index in [1.807, 2.05) is 32.2 Å². The van der Waals surface area contributed by atoms with Gasteiger partial charge < -0.3 is 4.90 Å². The van der Waals surface area contributed by atoms with Crippen molar-refractivity contribution in [1.29, 1.82) is 0 Å². The van der Waals surface area contributed by atoms with Crippen molar-refractivity contribution >= 4 is 27.3 Å².